The van der Waals surface area contributed by atoms with Crippen LogP contribution in [-0.4, -0.2) is 83.9 Å². The Hall–Kier alpha value is -2.46. The van der Waals surface area contributed by atoms with Gasteiger partial charge in [0.05, 0.1) is 29.8 Å². The minimum absolute atomic E-state index is 0.0580. The number of ether oxygens (including phenoxy) is 1. The molecule has 1 aromatic carbocycles. The zero-order valence-electron chi connectivity index (χ0n) is 21.1. The predicted molar refractivity (Wildman–Crippen MR) is 144 cm³/mol. The van der Waals surface area contributed by atoms with Crippen LogP contribution in [0.15, 0.2) is 46.9 Å². The van der Waals surface area contributed by atoms with Gasteiger partial charge in [-0.25, -0.2) is 9.80 Å². The molecule has 10 heteroatoms. The number of carbonyl (C=O) groups is 2. The maximum atomic E-state index is 13.7. The van der Waals surface area contributed by atoms with Gasteiger partial charge in [-0.1, -0.05) is 29.8 Å². The molecule has 1 fully saturated rings. The van der Waals surface area contributed by atoms with Crippen molar-refractivity contribution in [1.82, 2.24) is 20.1 Å². The standard InChI is InChI=1S/C26H34ClN5O3S/c1-26(2,3)28-25(34)31(11-10-30-12-14-35-15-13-30)18-24(33)32-22(19-6-8-20(27)9-7-19)17-21(29-32)23-5-4-16-36-23/h4-9,16,22H,10-15,17-18H2,1-3H3,(H,28,34). The lowest BCUT2D eigenvalue weighted by atomic mass is 10.0. The van der Waals surface area contributed by atoms with E-state index in [2.05, 4.69) is 10.2 Å². The van der Waals surface area contributed by atoms with Gasteiger partial charge in [0.2, 0.25) is 0 Å². The van der Waals surface area contributed by atoms with Crippen LogP contribution >= 0.6 is 22.9 Å². The van der Waals surface area contributed by atoms with Crippen LogP contribution in [0, 0.1) is 0 Å². The first-order chi connectivity index (χ1) is 17.2. The lowest BCUT2D eigenvalue weighted by molar-refractivity contribution is -0.133. The van der Waals surface area contributed by atoms with Crippen molar-refractivity contribution in [2.45, 2.75) is 38.8 Å². The number of urea groups is 1. The van der Waals surface area contributed by atoms with Crippen LogP contribution in [0.3, 0.4) is 0 Å². The van der Waals surface area contributed by atoms with E-state index in [1.54, 1.807) is 21.2 Å². The molecule has 3 amide bonds. The molecule has 1 unspecified atom stereocenters. The number of nitrogens with one attached hydrogen (secondary N) is 1. The summed E-state index contributed by atoms with van der Waals surface area (Å²) in [6.45, 7) is 9.87. The van der Waals surface area contributed by atoms with Gasteiger partial charge in [0.15, 0.2) is 0 Å². The van der Waals surface area contributed by atoms with Gasteiger partial charge < -0.3 is 15.0 Å². The molecule has 4 rings (SSSR count). The molecule has 3 heterocycles. The lowest BCUT2D eigenvalue weighted by Crippen LogP contribution is -2.53. The average molecular weight is 532 g/mol. The van der Waals surface area contributed by atoms with Gasteiger partial charge in [-0.2, -0.15) is 5.10 Å². The normalized spacial score (nSPS) is 18.7. The van der Waals surface area contributed by atoms with Crippen molar-refractivity contribution in [2.75, 3.05) is 45.9 Å². The summed E-state index contributed by atoms with van der Waals surface area (Å²) in [6, 6.07) is 11.0. The van der Waals surface area contributed by atoms with Crippen LogP contribution in [0.25, 0.3) is 0 Å². The molecule has 0 spiro atoms. The summed E-state index contributed by atoms with van der Waals surface area (Å²) >= 11 is 7.71. The third-order valence-corrected chi connectivity index (χ3v) is 7.28. The summed E-state index contributed by atoms with van der Waals surface area (Å²) in [4.78, 5) is 31.8. The molecule has 0 bridgehead atoms. The van der Waals surface area contributed by atoms with Crippen LogP contribution in [-0.2, 0) is 9.53 Å². The van der Waals surface area contributed by atoms with Crippen molar-refractivity contribution in [2.24, 2.45) is 5.10 Å². The fraction of sp³-hybridized carbons (Fsp3) is 0.500. The summed E-state index contributed by atoms with van der Waals surface area (Å²) in [7, 11) is 0. The minimum Gasteiger partial charge on any atom is -0.379 e. The number of hydrogen-bond acceptors (Lipinski definition) is 6. The molecule has 0 radical (unpaired) electrons. The van der Waals surface area contributed by atoms with Gasteiger partial charge in [0, 0.05) is 43.2 Å². The number of hydrogen-bond donors (Lipinski definition) is 1. The number of rotatable bonds is 7. The lowest BCUT2D eigenvalue weighted by Gasteiger charge is -2.32. The number of hydrazone groups is 1. The maximum Gasteiger partial charge on any atom is 0.318 e. The van der Waals surface area contributed by atoms with E-state index in [0.29, 0.717) is 37.7 Å². The van der Waals surface area contributed by atoms with E-state index in [0.717, 1.165) is 29.2 Å². The number of carbonyl (C=O) groups excluding carboxylic acids is 2. The van der Waals surface area contributed by atoms with Crippen LogP contribution in [0.5, 0.6) is 0 Å². The molecule has 194 valence electrons. The molecular weight excluding hydrogens is 498 g/mol. The molecule has 1 N–H and O–H groups in total. The van der Waals surface area contributed by atoms with Gasteiger partial charge in [-0.15, -0.1) is 11.3 Å². The van der Waals surface area contributed by atoms with Crippen molar-refractivity contribution in [1.29, 1.82) is 0 Å². The highest BCUT2D eigenvalue weighted by molar-refractivity contribution is 7.12. The fourth-order valence-corrected chi connectivity index (χ4v) is 5.10. The van der Waals surface area contributed by atoms with E-state index in [1.807, 2.05) is 62.5 Å². The van der Waals surface area contributed by atoms with Gasteiger partial charge >= 0.3 is 6.03 Å². The SMILES string of the molecule is CC(C)(C)NC(=O)N(CCN1CCOCC1)CC(=O)N1N=C(c2cccs2)CC1c1ccc(Cl)cc1. The van der Waals surface area contributed by atoms with Gasteiger partial charge in [-0.05, 0) is 49.9 Å². The molecule has 36 heavy (non-hydrogen) atoms. The quantitative estimate of drug-likeness (QED) is 0.580. The third-order valence-electron chi connectivity index (χ3n) is 6.11. The molecule has 0 aliphatic carbocycles. The summed E-state index contributed by atoms with van der Waals surface area (Å²) in [5.41, 5.74) is 1.42. The first kappa shape index (κ1) is 26.6. The Balaban J connectivity index is 1.53. The Kier molecular flexibility index (Phi) is 8.66. The molecule has 1 atom stereocenters. The third kappa shape index (κ3) is 7.06. The highest BCUT2D eigenvalue weighted by Gasteiger charge is 2.35. The Bertz CT molecular complexity index is 1060. The highest BCUT2D eigenvalue weighted by atomic mass is 35.5. The van der Waals surface area contributed by atoms with Gasteiger partial charge in [0.1, 0.15) is 6.54 Å². The Morgan fingerprint density at radius 2 is 1.92 bits per heavy atom. The van der Waals surface area contributed by atoms with E-state index in [9.17, 15) is 9.59 Å². The van der Waals surface area contributed by atoms with Crippen LogP contribution in [0.1, 0.15) is 43.7 Å². The number of benzene rings is 1. The predicted octanol–water partition coefficient (Wildman–Crippen LogP) is 4.22. The molecule has 2 aliphatic heterocycles. The topological polar surface area (TPSA) is 77.5 Å². The van der Waals surface area contributed by atoms with Crippen molar-refractivity contribution >= 4 is 40.6 Å². The van der Waals surface area contributed by atoms with E-state index >= 15 is 0 Å². The second-order valence-corrected chi connectivity index (χ2v) is 11.5. The molecule has 8 nitrogen and oxygen atoms in total. The van der Waals surface area contributed by atoms with E-state index in [1.165, 1.54) is 0 Å². The first-order valence-corrected chi connectivity index (χ1v) is 13.5. The summed E-state index contributed by atoms with van der Waals surface area (Å²) < 4.78 is 5.44. The fourth-order valence-electron chi connectivity index (χ4n) is 4.25. The van der Waals surface area contributed by atoms with Crippen molar-refractivity contribution in [3.63, 3.8) is 0 Å². The van der Waals surface area contributed by atoms with E-state index in [4.69, 9.17) is 21.4 Å². The van der Waals surface area contributed by atoms with Gasteiger partial charge in [0.25, 0.3) is 5.91 Å². The molecule has 0 saturated carbocycles. The molecule has 2 aromatic rings. The first-order valence-electron chi connectivity index (χ1n) is 12.3. The van der Waals surface area contributed by atoms with Gasteiger partial charge in [-0.3, -0.25) is 9.69 Å². The largest absolute Gasteiger partial charge is 0.379 e. The minimum atomic E-state index is -0.415. The Morgan fingerprint density at radius 3 is 2.56 bits per heavy atom. The monoisotopic (exact) mass is 531 g/mol. The average Bonchev–Trinajstić information content (AvgIpc) is 3.52. The van der Waals surface area contributed by atoms with E-state index in [-0.39, 0.29) is 24.5 Å². The molecule has 1 aromatic heterocycles. The zero-order chi connectivity index (χ0) is 25.7. The van der Waals surface area contributed by atoms with E-state index < -0.39 is 5.54 Å². The molecular formula is C26H34ClN5O3S. The number of morpholine rings is 1. The molecule has 2 aliphatic rings. The zero-order valence-corrected chi connectivity index (χ0v) is 22.6. The number of thiophene rings is 1. The number of halogens is 1. The van der Waals surface area contributed by atoms with Crippen molar-refractivity contribution in [3.8, 4) is 0 Å². The highest BCUT2D eigenvalue weighted by Crippen LogP contribution is 2.34. The van der Waals surface area contributed by atoms with Crippen LogP contribution < -0.4 is 5.32 Å². The summed E-state index contributed by atoms with van der Waals surface area (Å²) in [5.74, 6) is -0.215. The summed E-state index contributed by atoms with van der Waals surface area (Å²) in [6.07, 6.45) is 0.607. The smallest absolute Gasteiger partial charge is 0.318 e. The Labute approximate surface area is 221 Å². The maximum absolute atomic E-state index is 13.7. The molecule has 1 saturated heterocycles. The number of amides is 3. The second kappa shape index (κ2) is 11.7. The Morgan fingerprint density at radius 1 is 1.19 bits per heavy atom. The van der Waals surface area contributed by atoms with Crippen molar-refractivity contribution < 1.29 is 14.3 Å². The van der Waals surface area contributed by atoms with Crippen LogP contribution in [0.2, 0.25) is 5.02 Å². The summed E-state index contributed by atoms with van der Waals surface area (Å²) in [5, 5.41) is 11.9. The van der Waals surface area contributed by atoms with Crippen LogP contribution in [0.4, 0.5) is 4.79 Å². The second-order valence-electron chi connectivity index (χ2n) is 10.1. The number of nitrogens with zero attached hydrogens (tertiary/aromatic N) is 4. The van der Waals surface area contributed by atoms with Crippen molar-refractivity contribution in [3.05, 3.63) is 57.2 Å².